The molecule has 1 heterocycles. The van der Waals surface area contributed by atoms with Crippen LogP contribution in [-0.4, -0.2) is 17.6 Å². The Bertz CT molecular complexity index is 892. The topological polar surface area (TPSA) is 49.4 Å². The molecule has 1 saturated carbocycles. The van der Waals surface area contributed by atoms with Crippen molar-refractivity contribution >= 4 is 35.0 Å². The highest BCUT2D eigenvalue weighted by molar-refractivity contribution is 8.00. The van der Waals surface area contributed by atoms with E-state index in [2.05, 4.69) is 24.4 Å². The van der Waals surface area contributed by atoms with E-state index < -0.39 is 0 Å². The molecule has 2 aromatic rings. The third kappa shape index (κ3) is 4.50. The number of carbonyl (C=O) groups is 2. The standard InChI is InChI=1S/C24H28N2O2S/c1-2-17-8-6-13-21(14-17)26-22(27)16-29-24(26)19-11-7-12-20(15-19)25-23(28)18-9-4-3-5-10-18/h6-8,11-15,18,24H,2-5,9-10,16H2,1H3,(H,25,28). The van der Waals surface area contributed by atoms with Crippen LogP contribution in [0.4, 0.5) is 11.4 Å². The van der Waals surface area contributed by atoms with Gasteiger partial charge in [0.25, 0.3) is 0 Å². The molecule has 0 bridgehead atoms. The molecule has 2 amide bonds. The van der Waals surface area contributed by atoms with Crippen LogP contribution in [0.3, 0.4) is 0 Å². The molecule has 1 saturated heterocycles. The van der Waals surface area contributed by atoms with Gasteiger partial charge in [0, 0.05) is 17.3 Å². The van der Waals surface area contributed by atoms with Crippen LogP contribution in [0.2, 0.25) is 0 Å². The fraction of sp³-hybridized carbons (Fsp3) is 0.417. The van der Waals surface area contributed by atoms with E-state index in [-0.39, 0.29) is 23.1 Å². The quantitative estimate of drug-likeness (QED) is 0.706. The first-order valence-electron chi connectivity index (χ1n) is 10.6. The number of nitrogens with zero attached hydrogens (tertiary/aromatic N) is 1. The number of anilines is 2. The van der Waals surface area contributed by atoms with E-state index in [1.807, 2.05) is 41.3 Å². The Hall–Kier alpha value is -2.27. The van der Waals surface area contributed by atoms with Crippen LogP contribution in [0.5, 0.6) is 0 Å². The molecular weight excluding hydrogens is 380 g/mol. The zero-order valence-electron chi connectivity index (χ0n) is 16.9. The minimum atomic E-state index is -0.0684. The highest BCUT2D eigenvalue weighted by atomic mass is 32.2. The molecule has 1 aliphatic carbocycles. The zero-order valence-corrected chi connectivity index (χ0v) is 17.7. The van der Waals surface area contributed by atoms with Gasteiger partial charge in [0.05, 0.1) is 5.75 Å². The summed E-state index contributed by atoms with van der Waals surface area (Å²) < 4.78 is 0. The van der Waals surface area contributed by atoms with E-state index in [0.717, 1.165) is 49.0 Å². The summed E-state index contributed by atoms with van der Waals surface area (Å²) in [7, 11) is 0. The molecule has 0 aromatic heterocycles. The first-order chi connectivity index (χ1) is 14.2. The van der Waals surface area contributed by atoms with Crippen molar-refractivity contribution in [2.24, 2.45) is 5.92 Å². The van der Waals surface area contributed by atoms with Crippen LogP contribution >= 0.6 is 11.8 Å². The monoisotopic (exact) mass is 408 g/mol. The lowest BCUT2D eigenvalue weighted by atomic mass is 9.88. The second-order valence-electron chi connectivity index (χ2n) is 7.90. The lowest BCUT2D eigenvalue weighted by molar-refractivity contribution is -0.120. The third-order valence-electron chi connectivity index (χ3n) is 5.88. The number of benzene rings is 2. The summed E-state index contributed by atoms with van der Waals surface area (Å²) in [4.78, 5) is 27.2. The van der Waals surface area contributed by atoms with Gasteiger partial charge < -0.3 is 5.32 Å². The van der Waals surface area contributed by atoms with Gasteiger partial charge in [-0.25, -0.2) is 0 Å². The largest absolute Gasteiger partial charge is 0.326 e. The number of carbonyl (C=O) groups excluding carboxylic acids is 2. The van der Waals surface area contributed by atoms with Gasteiger partial charge in [0.2, 0.25) is 11.8 Å². The molecule has 1 unspecified atom stereocenters. The maximum atomic E-state index is 12.7. The van der Waals surface area contributed by atoms with Crippen molar-refractivity contribution in [2.45, 2.75) is 50.8 Å². The van der Waals surface area contributed by atoms with Gasteiger partial charge in [-0.2, -0.15) is 0 Å². The van der Waals surface area contributed by atoms with Crippen LogP contribution in [-0.2, 0) is 16.0 Å². The summed E-state index contributed by atoms with van der Waals surface area (Å²) in [6.45, 7) is 2.12. The zero-order chi connectivity index (χ0) is 20.2. The van der Waals surface area contributed by atoms with E-state index >= 15 is 0 Å². The van der Waals surface area contributed by atoms with E-state index in [9.17, 15) is 9.59 Å². The molecule has 1 atom stereocenters. The minimum absolute atomic E-state index is 0.0684. The van der Waals surface area contributed by atoms with Gasteiger partial charge in [-0.1, -0.05) is 50.5 Å². The highest BCUT2D eigenvalue weighted by Gasteiger charge is 2.34. The fourth-order valence-electron chi connectivity index (χ4n) is 4.26. The summed E-state index contributed by atoms with van der Waals surface area (Å²) in [5.41, 5.74) is 4.03. The van der Waals surface area contributed by atoms with Crippen molar-refractivity contribution in [3.63, 3.8) is 0 Å². The van der Waals surface area contributed by atoms with Gasteiger partial charge in [0.1, 0.15) is 5.37 Å². The summed E-state index contributed by atoms with van der Waals surface area (Å²) in [6, 6.07) is 16.2. The number of rotatable bonds is 5. The number of aryl methyl sites for hydroxylation is 1. The molecule has 2 aliphatic rings. The van der Waals surface area contributed by atoms with Crippen molar-refractivity contribution in [3.8, 4) is 0 Å². The average Bonchev–Trinajstić information content (AvgIpc) is 3.16. The Morgan fingerprint density at radius 2 is 1.90 bits per heavy atom. The molecule has 1 aliphatic heterocycles. The number of hydrogen-bond acceptors (Lipinski definition) is 3. The molecule has 0 spiro atoms. The van der Waals surface area contributed by atoms with E-state index in [1.54, 1.807) is 11.8 Å². The first-order valence-corrected chi connectivity index (χ1v) is 11.6. The predicted molar refractivity (Wildman–Crippen MR) is 120 cm³/mol. The van der Waals surface area contributed by atoms with Gasteiger partial charge in [0.15, 0.2) is 0 Å². The maximum Gasteiger partial charge on any atom is 0.238 e. The smallest absolute Gasteiger partial charge is 0.238 e. The number of amides is 2. The molecule has 4 nitrogen and oxygen atoms in total. The van der Waals surface area contributed by atoms with Crippen LogP contribution in [0.25, 0.3) is 0 Å². The van der Waals surface area contributed by atoms with Crippen molar-refractivity contribution in [1.82, 2.24) is 0 Å². The van der Waals surface area contributed by atoms with Crippen molar-refractivity contribution < 1.29 is 9.59 Å². The van der Waals surface area contributed by atoms with Crippen LogP contribution in [0.1, 0.15) is 55.5 Å². The van der Waals surface area contributed by atoms with Crippen LogP contribution in [0.15, 0.2) is 48.5 Å². The van der Waals surface area contributed by atoms with Gasteiger partial charge >= 0.3 is 0 Å². The molecule has 2 fully saturated rings. The Balaban J connectivity index is 1.54. The van der Waals surface area contributed by atoms with Gasteiger partial charge in [-0.15, -0.1) is 11.8 Å². The molecule has 5 heteroatoms. The SMILES string of the molecule is CCc1cccc(N2C(=O)CSC2c2cccc(NC(=O)C3CCCCC3)c2)c1. The lowest BCUT2D eigenvalue weighted by Gasteiger charge is -2.25. The van der Waals surface area contributed by atoms with Gasteiger partial charge in [-0.05, 0) is 54.7 Å². The molecule has 2 aromatic carbocycles. The molecule has 0 radical (unpaired) electrons. The minimum Gasteiger partial charge on any atom is -0.326 e. The van der Waals surface area contributed by atoms with Crippen LogP contribution in [0, 0.1) is 5.92 Å². The first kappa shape index (κ1) is 20.0. The Labute approximate surface area is 177 Å². The van der Waals surface area contributed by atoms with E-state index in [1.165, 1.54) is 12.0 Å². The van der Waals surface area contributed by atoms with E-state index in [4.69, 9.17) is 0 Å². The molecule has 152 valence electrons. The van der Waals surface area contributed by atoms with Crippen molar-refractivity contribution in [2.75, 3.05) is 16.0 Å². The van der Waals surface area contributed by atoms with Crippen LogP contribution < -0.4 is 10.2 Å². The molecular formula is C24H28N2O2S. The highest BCUT2D eigenvalue weighted by Crippen LogP contribution is 2.42. The molecule has 4 rings (SSSR count). The predicted octanol–water partition coefficient (Wildman–Crippen LogP) is 5.55. The Kier molecular flexibility index (Phi) is 6.24. The second-order valence-corrected chi connectivity index (χ2v) is 8.97. The summed E-state index contributed by atoms with van der Waals surface area (Å²) in [5.74, 6) is 0.859. The maximum absolute atomic E-state index is 12.7. The summed E-state index contributed by atoms with van der Waals surface area (Å²) in [5, 5.41) is 3.04. The number of nitrogens with one attached hydrogen (secondary N) is 1. The normalized spacial score (nSPS) is 20.1. The number of thioether (sulfide) groups is 1. The van der Waals surface area contributed by atoms with E-state index in [0.29, 0.717) is 5.75 Å². The average molecular weight is 409 g/mol. The third-order valence-corrected chi connectivity index (χ3v) is 7.09. The summed E-state index contributed by atoms with van der Waals surface area (Å²) in [6.07, 6.45) is 6.44. The fourth-order valence-corrected chi connectivity index (χ4v) is 5.42. The Morgan fingerprint density at radius 3 is 2.69 bits per heavy atom. The summed E-state index contributed by atoms with van der Waals surface area (Å²) >= 11 is 1.64. The van der Waals surface area contributed by atoms with Crippen molar-refractivity contribution in [3.05, 3.63) is 59.7 Å². The second kappa shape index (κ2) is 9.04. The molecule has 29 heavy (non-hydrogen) atoms. The molecule has 1 N–H and O–H groups in total. The Morgan fingerprint density at radius 1 is 1.10 bits per heavy atom. The number of hydrogen-bond donors (Lipinski definition) is 1. The lowest BCUT2D eigenvalue weighted by Crippen LogP contribution is -2.28. The van der Waals surface area contributed by atoms with Gasteiger partial charge in [-0.3, -0.25) is 14.5 Å². The van der Waals surface area contributed by atoms with Crippen molar-refractivity contribution in [1.29, 1.82) is 0 Å².